The first-order valence-corrected chi connectivity index (χ1v) is 9.40. The van der Waals surface area contributed by atoms with E-state index in [0.717, 1.165) is 36.8 Å². The van der Waals surface area contributed by atoms with Gasteiger partial charge in [0.15, 0.2) is 5.82 Å². The fourth-order valence-corrected chi connectivity index (χ4v) is 4.13. The Morgan fingerprint density at radius 2 is 2.20 bits per heavy atom. The molecule has 4 nitrogen and oxygen atoms in total. The summed E-state index contributed by atoms with van der Waals surface area (Å²) in [6.45, 7) is 2.89. The van der Waals surface area contributed by atoms with Gasteiger partial charge in [0, 0.05) is 37.5 Å². The van der Waals surface area contributed by atoms with Crippen molar-refractivity contribution in [1.82, 2.24) is 19.9 Å². The second-order valence-corrected chi connectivity index (χ2v) is 7.45. The Morgan fingerprint density at radius 1 is 1.20 bits per heavy atom. The average Bonchev–Trinajstić information content (AvgIpc) is 3.32. The molecule has 0 saturated heterocycles. The van der Waals surface area contributed by atoms with Crippen molar-refractivity contribution in [2.75, 3.05) is 6.54 Å². The molecule has 0 spiro atoms. The Balaban J connectivity index is 1.38. The van der Waals surface area contributed by atoms with E-state index in [1.807, 2.05) is 18.5 Å². The maximum atomic E-state index is 4.84. The molecule has 1 aromatic carbocycles. The SMILES string of the molecule is c1csc(-c2ncc3c(n2)CN(Cc2ccc4cc[nH]c4c2)CC3)c1. The van der Waals surface area contributed by atoms with Crippen molar-refractivity contribution in [3.05, 3.63) is 71.0 Å². The van der Waals surface area contributed by atoms with E-state index in [2.05, 4.69) is 50.6 Å². The van der Waals surface area contributed by atoms with E-state index in [4.69, 9.17) is 4.98 Å². The zero-order valence-electron chi connectivity index (χ0n) is 13.8. The summed E-state index contributed by atoms with van der Waals surface area (Å²) in [4.78, 5) is 16.3. The van der Waals surface area contributed by atoms with Crippen molar-refractivity contribution < 1.29 is 0 Å². The van der Waals surface area contributed by atoms with Crippen molar-refractivity contribution in [1.29, 1.82) is 0 Å². The number of H-pyrrole nitrogens is 1. The van der Waals surface area contributed by atoms with Crippen molar-refractivity contribution in [2.24, 2.45) is 0 Å². The van der Waals surface area contributed by atoms with Crippen molar-refractivity contribution in [3.63, 3.8) is 0 Å². The van der Waals surface area contributed by atoms with Crippen molar-refractivity contribution >= 4 is 22.2 Å². The minimum atomic E-state index is 0.850. The van der Waals surface area contributed by atoms with Gasteiger partial charge in [-0.05, 0) is 46.5 Å². The second kappa shape index (κ2) is 6.10. The van der Waals surface area contributed by atoms with E-state index >= 15 is 0 Å². The molecule has 0 aliphatic carbocycles. The summed E-state index contributed by atoms with van der Waals surface area (Å²) >= 11 is 1.69. The topological polar surface area (TPSA) is 44.8 Å². The number of nitrogens with zero attached hydrogens (tertiary/aromatic N) is 3. The van der Waals surface area contributed by atoms with Gasteiger partial charge in [0.1, 0.15) is 0 Å². The van der Waals surface area contributed by atoms with E-state index in [1.54, 1.807) is 11.3 Å². The fourth-order valence-electron chi connectivity index (χ4n) is 3.47. The summed E-state index contributed by atoms with van der Waals surface area (Å²) in [6.07, 6.45) is 5.03. The molecule has 0 amide bonds. The zero-order valence-corrected chi connectivity index (χ0v) is 14.6. The Kier molecular flexibility index (Phi) is 3.61. The van der Waals surface area contributed by atoms with Gasteiger partial charge in [0.2, 0.25) is 0 Å². The molecule has 4 heterocycles. The van der Waals surface area contributed by atoms with Crippen LogP contribution in [-0.4, -0.2) is 26.4 Å². The zero-order chi connectivity index (χ0) is 16.6. The minimum Gasteiger partial charge on any atom is -0.361 e. The van der Waals surface area contributed by atoms with Crippen molar-refractivity contribution in [2.45, 2.75) is 19.5 Å². The summed E-state index contributed by atoms with van der Waals surface area (Å²) in [5, 5.41) is 3.34. The van der Waals surface area contributed by atoms with Gasteiger partial charge in [0.25, 0.3) is 0 Å². The number of rotatable bonds is 3. The molecule has 1 N–H and O–H groups in total. The number of hydrogen-bond acceptors (Lipinski definition) is 4. The highest BCUT2D eigenvalue weighted by molar-refractivity contribution is 7.13. The molecule has 1 aliphatic heterocycles. The van der Waals surface area contributed by atoms with Gasteiger partial charge in [-0.3, -0.25) is 4.90 Å². The maximum absolute atomic E-state index is 4.84. The van der Waals surface area contributed by atoms with Crippen LogP contribution in [0.2, 0.25) is 0 Å². The predicted octanol–water partition coefficient (Wildman–Crippen LogP) is 4.24. The van der Waals surface area contributed by atoms with Gasteiger partial charge in [-0.2, -0.15) is 0 Å². The Morgan fingerprint density at radius 3 is 3.12 bits per heavy atom. The standard InChI is InChI=1S/C20H18N4S/c1-2-19(25-9-1)20-22-11-16-6-8-24(13-18(16)23-20)12-14-3-4-15-5-7-21-17(15)10-14/h1-5,7,9-11,21H,6,8,12-13H2. The van der Waals surface area contributed by atoms with E-state index < -0.39 is 0 Å². The molecule has 0 fully saturated rings. The number of aromatic nitrogens is 3. The molecule has 0 atom stereocenters. The third-order valence-corrected chi connectivity index (χ3v) is 5.66. The minimum absolute atomic E-state index is 0.850. The third kappa shape index (κ3) is 2.86. The van der Waals surface area contributed by atoms with E-state index in [9.17, 15) is 0 Å². The number of fused-ring (bicyclic) bond motifs is 2. The summed E-state index contributed by atoms with van der Waals surface area (Å²) < 4.78 is 0. The van der Waals surface area contributed by atoms with Crippen LogP contribution in [-0.2, 0) is 19.5 Å². The van der Waals surface area contributed by atoms with Crippen LogP contribution >= 0.6 is 11.3 Å². The third-order valence-electron chi connectivity index (χ3n) is 4.79. The molecule has 0 bridgehead atoms. The van der Waals surface area contributed by atoms with Crippen LogP contribution in [0.3, 0.4) is 0 Å². The van der Waals surface area contributed by atoms with Crippen LogP contribution in [0.4, 0.5) is 0 Å². The first-order chi connectivity index (χ1) is 12.3. The summed E-state index contributed by atoms with van der Waals surface area (Å²) in [6, 6.07) is 12.9. The molecule has 5 heteroatoms. The summed E-state index contributed by atoms with van der Waals surface area (Å²) in [5.41, 5.74) is 5.00. The van der Waals surface area contributed by atoms with Crippen LogP contribution in [0.5, 0.6) is 0 Å². The normalized spacial score (nSPS) is 14.7. The summed E-state index contributed by atoms with van der Waals surface area (Å²) in [7, 11) is 0. The molecule has 4 aromatic rings. The Bertz CT molecular complexity index is 1020. The van der Waals surface area contributed by atoms with Crippen LogP contribution in [0.1, 0.15) is 16.8 Å². The highest BCUT2D eigenvalue weighted by atomic mass is 32.1. The molecular formula is C20H18N4S. The van der Waals surface area contributed by atoms with Crippen LogP contribution in [0, 0.1) is 0 Å². The number of nitrogens with one attached hydrogen (secondary N) is 1. The molecule has 124 valence electrons. The molecule has 25 heavy (non-hydrogen) atoms. The molecule has 0 unspecified atom stereocenters. The lowest BCUT2D eigenvalue weighted by atomic mass is 10.1. The monoisotopic (exact) mass is 346 g/mol. The van der Waals surface area contributed by atoms with Gasteiger partial charge in [-0.1, -0.05) is 18.2 Å². The molecule has 0 saturated carbocycles. The summed E-state index contributed by atoms with van der Waals surface area (Å²) in [5.74, 6) is 0.850. The molecule has 3 aromatic heterocycles. The van der Waals surface area contributed by atoms with E-state index in [0.29, 0.717) is 0 Å². The van der Waals surface area contributed by atoms with Gasteiger partial charge in [-0.15, -0.1) is 11.3 Å². The number of aromatic amines is 1. The molecule has 0 radical (unpaired) electrons. The number of thiophene rings is 1. The fraction of sp³-hybridized carbons (Fsp3) is 0.200. The quantitative estimate of drug-likeness (QED) is 0.603. The predicted molar refractivity (Wildman–Crippen MR) is 101 cm³/mol. The highest BCUT2D eigenvalue weighted by Gasteiger charge is 2.19. The Hall–Kier alpha value is -2.50. The largest absolute Gasteiger partial charge is 0.361 e. The molecular weight excluding hydrogens is 328 g/mol. The van der Waals surface area contributed by atoms with Crippen LogP contribution in [0.25, 0.3) is 21.6 Å². The van der Waals surface area contributed by atoms with Crippen LogP contribution < -0.4 is 0 Å². The highest BCUT2D eigenvalue weighted by Crippen LogP contribution is 2.25. The lowest BCUT2D eigenvalue weighted by molar-refractivity contribution is 0.241. The Labute approximate surface area is 150 Å². The second-order valence-electron chi connectivity index (χ2n) is 6.50. The van der Waals surface area contributed by atoms with Gasteiger partial charge >= 0.3 is 0 Å². The lowest BCUT2D eigenvalue weighted by Gasteiger charge is -2.28. The van der Waals surface area contributed by atoms with Gasteiger partial charge in [0.05, 0.1) is 10.6 Å². The molecule has 5 rings (SSSR count). The molecule has 1 aliphatic rings. The van der Waals surface area contributed by atoms with E-state index in [1.165, 1.54) is 27.7 Å². The first kappa shape index (κ1) is 14.8. The lowest BCUT2D eigenvalue weighted by Crippen LogP contribution is -2.31. The van der Waals surface area contributed by atoms with E-state index in [-0.39, 0.29) is 0 Å². The number of benzene rings is 1. The van der Waals surface area contributed by atoms with Gasteiger partial charge in [-0.25, -0.2) is 9.97 Å². The van der Waals surface area contributed by atoms with Crippen LogP contribution in [0.15, 0.2) is 54.2 Å². The van der Waals surface area contributed by atoms with Crippen molar-refractivity contribution in [3.8, 4) is 10.7 Å². The maximum Gasteiger partial charge on any atom is 0.169 e. The first-order valence-electron chi connectivity index (χ1n) is 8.52. The number of hydrogen-bond donors (Lipinski definition) is 1. The smallest absolute Gasteiger partial charge is 0.169 e. The average molecular weight is 346 g/mol. The van der Waals surface area contributed by atoms with Gasteiger partial charge < -0.3 is 4.98 Å².